The predicted molar refractivity (Wildman–Crippen MR) is 77.0 cm³/mol. The van der Waals surface area contributed by atoms with Gasteiger partial charge < -0.3 is 5.73 Å². The number of nitriles is 1. The topological polar surface area (TPSA) is 66.9 Å². The number of anilines is 1. The fraction of sp³-hybridized carbons (Fsp3) is 0.0714. The van der Waals surface area contributed by atoms with Crippen LogP contribution in [0.5, 0.6) is 0 Å². The van der Waals surface area contributed by atoms with Gasteiger partial charge in [-0.25, -0.2) is 8.78 Å². The van der Waals surface area contributed by atoms with E-state index in [1.54, 1.807) is 0 Å². The van der Waals surface area contributed by atoms with Crippen LogP contribution in [-0.2, 0) is 16.6 Å². The lowest BCUT2D eigenvalue weighted by molar-refractivity contribution is 0.535. The molecule has 108 valence electrons. The minimum Gasteiger partial charge on any atom is -0.399 e. The molecular weight excluding hydrogens is 318 g/mol. The Balaban J connectivity index is 2.33. The molecule has 0 aliphatic rings. The Morgan fingerprint density at radius 3 is 2.38 bits per heavy atom. The van der Waals surface area contributed by atoms with Crippen LogP contribution < -0.4 is 5.73 Å². The molecule has 2 N–H and O–H groups in total. The van der Waals surface area contributed by atoms with Crippen molar-refractivity contribution in [3.05, 3.63) is 58.1 Å². The molecule has 0 heterocycles. The molecule has 0 bridgehead atoms. The maximum atomic E-state index is 13.7. The number of rotatable bonds is 3. The molecule has 0 fully saturated rings. The summed E-state index contributed by atoms with van der Waals surface area (Å²) in [6, 6.07) is 8.14. The minimum atomic E-state index is -1.96. The summed E-state index contributed by atoms with van der Waals surface area (Å²) in [5, 5.41) is 8.95. The van der Waals surface area contributed by atoms with Gasteiger partial charge in [0.1, 0.15) is 16.5 Å². The van der Waals surface area contributed by atoms with E-state index in [4.69, 9.17) is 22.6 Å². The summed E-state index contributed by atoms with van der Waals surface area (Å²) in [4.78, 5) is -0.537. The second-order valence-electron chi connectivity index (χ2n) is 4.22. The van der Waals surface area contributed by atoms with Crippen LogP contribution in [0.3, 0.4) is 0 Å². The first-order valence-electron chi connectivity index (χ1n) is 5.73. The average Bonchev–Trinajstić information content (AvgIpc) is 2.39. The third-order valence-electron chi connectivity index (χ3n) is 2.72. The van der Waals surface area contributed by atoms with Crippen molar-refractivity contribution in [1.82, 2.24) is 0 Å². The average molecular weight is 327 g/mol. The number of nitrogens with zero attached hydrogens (tertiary/aromatic N) is 1. The van der Waals surface area contributed by atoms with Gasteiger partial charge in [0.25, 0.3) is 0 Å². The lowest BCUT2D eigenvalue weighted by Crippen LogP contribution is -2.04. The van der Waals surface area contributed by atoms with E-state index < -0.39 is 27.3 Å². The predicted octanol–water partition coefficient (Wildman–Crippen LogP) is 3.38. The highest BCUT2D eigenvalue weighted by molar-refractivity contribution is 7.84. The highest BCUT2D eigenvalue weighted by Crippen LogP contribution is 2.25. The zero-order valence-electron chi connectivity index (χ0n) is 10.6. The minimum absolute atomic E-state index is 0.0813. The van der Waals surface area contributed by atoms with Gasteiger partial charge in [-0.05, 0) is 29.8 Å². The van der Waals surface area contributed by atoms with Crippen molar-refractivity contribution in [2.24, 2.45) is 0 Å². The maximum absolute atomic E-state index is 13.7. The van der Waals surface area contributed by atoms with Gasteiger partial charge in [-0.2, -0.15) is 5.26 Å². The third-order valence-corrected chi connectivity index (χ3v) is 4.49. The van der Waals surface area contributed by atoms with Crippen LogP contribution in [0.4, 0.5) is 14.5 Å². The molecule has 21 heavy (non-hydrogen) atoms. The standard InChI is InChI=1S/C14H9ClF2N2OS/c15-11-3-8(6-18)1-2-9(11)7-21(20)14-12(16)4-10(19)5-13(14)17/h1-5H,7,19H2. The molecule has 1 atom stereocenters. The maximum Gasteiger partial charge on any atom is 0.144 e. The second kappa shape index (κ2) is 6.20. The summed E-state index contributed by atoms with van der Waals surface area (Å²) in [5.74, 6) is -2.09. The van der Waals surface area contributed by atoms with Gasteiger partial charge in [-0.15, -0.1) is 0 Å². The monoisotopic (exact) mass is 326 g/mol. The Morgan fingerprint density at radius 2 is 1.86 bits per heavy atom. The van der Waals surface area contributed by atoms with Crippen LogP contribution >= 0.6 is 11.6 Å². The van der Waals surface area contributed by atoms with Crippen LogP contribution in [-0.4, -0.2) is 4.21 Å². The Kier molecular flexibility index (Phi) is 4.56. The summed E-state index contributed by atoms with van der Waals surface area (Å²) in [7, 11) is -1.96. The van der Waals surface area contributed by atoms with Gasteiger partial charge in [-0.3, -0.25) is 4.21 Å². The van der Waals surface area contributed by atoms with Crippen molar-refractivity contribution in [3.63, 3.8) is 0 Å². The highest BCUT2D eigenvalue weighted by Gasteiger charge is 2.18. The van der Waals surface area contributed by atoms with Crippen molar-refractivity contribution >= 4 is 28.1 Å². The lowest BCUT2D eigenvalue weighted by atomic mass is 10.2. The first-order chi connectivity index (χ1) is 9.92. The molecule has 0 saturated heterocycles. The molecule has 2 aromatic carbocycles. The van der Waals surface area contributed by atoms with E-state index in [1.807, 2.05) is 6.07 Å². The van der Waals surface area contributed by atoms with Crippen LogP contribution in [0.25, 0.3) is 0 Å². The zero-order chi connectivity index (χ0) is 15.6. The zero-order valence-corrected chi connectivity index (χ0v) is 12.1. The molecular formula is C14H9ClF2N2OS. The smallest absolute Gasteiger partial charge is 0.144 e. The van der Waals surface area contributed by atoms with E-state index in [0.717, 1.165) is 12.1 Å². The van der Waals surface area contributed by atoms with Crippen molar-refractivity contribution in [2.45, 2.75) is 10.6 Å². The van der Waals surface area contributed by atoms with Gasteiger partial charge in [0.2, 0.25) is 0 Å². The fourth-order valence-electron chi connectivity index (χ4n) is 1.74. The summed E-state index contributed by atoms with van der Waals surface area (Å²) >= 11 is 5.95. The third kappa shape index (κ3) is 3.38. The van der Waals surface area contributed by atoms with Crippen molar-refractivity contribution < 1.29 is 13.0 Å². The summed E-state index contributed by atoms with van der Waals surface area (Å²) < 4.78 is 39.5. The van der Waals surface area contributed by atoms with Crippen LogP contribution in [0.2, 0.25) is 5.02 Å². The van der Waals surface area contributed by atoms with Crippen molar-refractivity contribution in [3.8, 4) is 6.07 Å². The Morgan fingerprint density at radius 1 is 1.24 bits per heavy atom. The molecule has 0 radical (unpaired) electrons. The summed E-state index contributed by atoms with van der Waals surface area (Å²) in [6.45, 7) is 0. The second-order valence-corrected chi connectivity index (χ2v) is 6.02. The van der Waals surface area contributed by atoms with E-state index in [1.165, 1.54) is 18.2 Å². The van der Waals surface area contributed by atoms with Crippen LogP contribution in [0.15, 0.2) is 35.2 Å². The van der Waals surface area contributed by atoms with E-state index in [2.05, 4.69) is 0 Å². The Bertz CT molecular complexity index is 751. The first-order valence-corrected chi connectivity index (χ1v) is 7.43. The molecule has 0 aliphatic heterocycles. The normalized spacial score (nSPS) is 11.9. The molecule has 0 aromatic heterocycles. The van der Waals surface area contributed by atoms with Gasteiger partial charge >= 0.3 is 0 Å². The number of benzene rings is 2. The number of hydrogen-bond acceptors (Lipinski definition) is 3. The molecule has 7 heteroatoms. The largest absolute Gasteiger partial charge is 0.399 e. The van der Waals surface area contributed by atoms with E-state index >= 15 is 0 Å². The molecule has 0 saturated carbocycles. The van der Waals surface area contributed by atoms with Crippen molar-refractivity contribution in [1.29, 1.82) is 5.26 Å². The van der Waals surface area contributed by atoms with Gasteiger partial charge in [0, 0.05) is 10.7 Å². The molecule has 0 amide bonds. The molecule has 3 nitrogen and oxygen atoms in total. The fourth-order valence-corrected chi connectivity index (χ4v) is 3.30. The van der Waals surface area contributed by atoms with E-state index in [0.29, 0.717) is 11.1 Å². The van der Waals surface area contributed by atoms with Gasteiger partial charge in [0.15, 0.2) is 0 Å². The van der Waals surface area contributed by atoms with Crippen molar-refractivity contribution in [2.75, 3.05) is 5.73 Å². The summed E-state index contributed by atoms with van der Waals surface area (Å²) in [5.41, 5.74) is 6.01. The number of hydrogen-bond donors (Lipinski definition) is 1. The van der Waals surface area contributed by atoms with E-state index in [-0.39, 0.29) is 16.5 Å². The van der Waals surface area contributed by atoms with Gasteiger partial charge in [-0.1, -0.05) is 17.7 Å². The van der Waals surface area contributed by atoms with Crippen LogP contribution in [0.1, 0.15) is 11.1 Å². The summed E-state index contributed by atoms with van der Waals surface area (Å²) in [6.07, 6.45) is 0. The van der Waals surface area contributed by atoms with E-state index in [9.17, 15) is 13.0 Å². The molecule has 0 aliphatic carbocycles. The molecule has 2 rings (SSSR count). The molecule has 0 spiro atoms. The molecule has 1 unspecified atom stereocenters. The Hall–Kier alpha value is -1.97. The van der Waals surface area contributed by atoms with Crippen LogP contribution in [0, 0.1) is 23.0 Å². The first kappa shape index (κ1) is 15.4. The SMILES string of the molecule is N#Cc1ccc(CS(=O)c2c(F)cc(N)cc2F)c(Cl)c1. The molecule has 2 aromatic rings. The number of nitrogen functional groups attached to an aromatic ring is 1. The van der Waals surface area contributed by atoms with Gasteiger partial charge in [0.05, 0.1) is 28.2 Å². The Labute approximate surface area is 127 Å². The number of halogens is 3. The highest BCUT2D eigenvalue weighted by atomic mass is 35.5. The quantitative estimate of drug-likeness (QED) is 0.879. The lowest BCUT2D eigenvalue weighted by Gasteiger charge is -2.08. The number of nitrogens with two attached hydrogens (primary N) is 1.